The normalized spacial score (nSPS) is 12.3. The first-order valence-electron chi connectivity index (χ1n) is 5.07. The van der Waals surface area contributed by atoms with E-state index in [1.807, 2.05) is 18.2 Å². The Morgan fingerprint density at radius 1 is 1.53 bits per heavy atom. The van der Waals surface area contributed by atoms with Crippen LogP contribution in [0, 0.1) is 0 Å². The number of carbonyl (C=O) groups excluding carboxylic acids is 1. The van der Waals surface area contributed by atoms with Crippen LogP contribution < -0.4 is 4.90 Å². The number of nitrogens with zero attached hydrogens (tertiary/aromatic N) is 1. The Morgan fingerprint density at radius 3 is 2.67 bits per heavy atom. The molecule has 2 nitrogen and oxygen atoms in total. The number of rotatable bonds is 4. The van der Waals surface area contributed by atoms with Crippen LogP contribution in [0.25, 0.3) is 0 Å². The van der Waals surface area contributed by atoms with Gasteiger partial charge in [0, 0.05) is 28.8 Å². The molecule has 0 saturated carbocycles. The average Bonchev–Trinajstić information content (AvgIpc) is 2.26. The lowest BCUT2D eigenvalue weighted by atomic mass is 10.1. The zero-order valence-corrected chi connectivity index (χ0v) is 10.9. The highest BCUT2D eigenvalue weighted by molar-refractivity contribution is 9.10. The van der Waals surface area contributed by atoms with Gasteiger partial charge in [-0.3, -0.25) is 4.79 Å². The van der Waals surface area contributed by atoms with E-state index >= 15 is 0 Å². The van der Waals surface area contributed by atoms with Crippen LogP contribution in [0.15, 0.2) is 22.7 Å². The summed E-state index contributed by atoms with van der Waals surface area (Å²) < 4.78 is 0.852. The van der Waals surface area contributed by atoms with Gasteiger partial charge in [0.15, 0.2) is 6.29 Å². The molecule has 0 spiro atoms. The van der Waals surface area contributed by atoms with Crippen molar-refractivity contribution in [2.75, 3.05) is 11.9 Å². The highest BCUT2D eigenvalue weighted by Gasteiger charge is 2.09. The van der Waals surface area contributed by atoms with E-state index in [0.29, 0.717) is 11.6 Å². The van der Waals surface area contributed by atoms with E-state index in [-0.39, 0.29) is 0 Å². The highest BCUT2D eigenvalue weighted by Crippen LogP contribution is 2.24. The molecule has 0 fully saturated rings. The third-order valence-corrected chi connectivity index (χ3v) is 3.46. The quantitative estimate of drug-likeness (QED) is 0.780. The van der Waals surface area contributed by atoms with Crippen molar-refractivity contribution in [2.45, 2.75) is 26.3 Å². The molecule has 0 amide bonds. The molecule has 0 aromatic heterocycles. The number of halogens is 1. The molecule has 82 valence electrons. The molecule has 0 radical (unpaired) electrons. The van der Waals surface area contributed by atoms with Crippen molar-refractivity contribution >= 4 is 27.9 Å². The highest BCUT2D eigenvalue weighted by atomic mass is 79.9. The first kappa shape index (κ1) is 12.2. The molecule has 1 aromatic rings. The number of anilines is 1. The minimum atomic E-state index is 0.499. The van der Waals surface area contributed by atoms with Gasteiger partial charge in [-0.2, -0.15) is 0 Å². The van der Waals surface area contributed by atoms with Gasteiger partial charge in [-0.1, -0.05) is 6.92 Å². The lowest BCUT2D eigenvalue weighted by Gasteiger charge is -2.26. The Balaban J connectivity index is 2.96. The fourth-order valence-electron chi connectivity index (χ4n) is 1.36. The molecule has 3 heteroatoms. The van der Waals surface area contributed by atoms with Gasteiger partial charge < -0.3 is 4.90 Å². The second kappa shape index (κ2) is 5.31. The van der Waals surface area contributed by atoms with Crippen LogP contribution in [0.3, 0.4) is 0 Å². The zero-order chi connectivity index (χ0) is 11.4. The third kappa shape index (κ3) is 2.81. The lowest BCUT2D eigenvalue weighted by molar-refractivity contribution is 0.112. The van der Waals surface area contributed by atoms with Gasteiger partial charge in [-0.05, 0) is 47.5 Å². The van der Waals surface area contributed by atoms with Gasteiger partial charge in [-0.15, -0.1) is 0 Å². The Labute approximate surface area is 99.4 Å². The maximum atomic E-state index is 10.7. The van der Waals surface area contributed by atoms with Crippen molar-refractivity contribution in [3.05, 3.63) is 28.2 Å². The van der Waals surface area contributed by atoms with Crippen LogP contribution in [0.4, 0.5) is 5.69 Å². The number of carbonyl (C=O) groups is 1. The molecule has 0 bridgehead atoms. The second-order valence-corrected chi connectivity index (χ2v) is 4.55. The van der Waals surface area contributed by atoms with E-state index in [1.54, 1.807) is 0 Å². The Bertz CT molecular complexity index is 351. The molecule has 1 rings (SSSR count). The largest absolute Gasteiger partial charge is 0.372 e. The summed E-state index contributed by atoms with van der Waals surface area (Å²) in [6.45, 7) is 4.34. The van der Waals surface area contributed by atoms with Crippen molar-refractivity contribution in [3.63, 3.8) is 0 Å². The zero-order valence-electron chi connectivity index (χ0n) is 9.33. The molecule has 1 atom stereocenters. The van der Waals surface area contributed by atoms with Crippen molar-refractivity contribution in [1.82, 2.24) is 0 Å². The van der Waals surface area contributed by atoms with E-state index in [4.69, 9.17) is 0 Å². The van der Waals surface area contributed by atoms with Crippen molar-refractivity contribution in [1.29, 1.82) is 0 Å². The molecule has 15 heavy (non-hydrogen) atoms. The second-order valence-electron chi connectivity index (χ2n) is 3.69. The molecule has 0 aliphatic rings. The molecule has 0 N–H and O–H groups in total. The molecule has 0 heterocycles. The fourth-order valence-corrected chi connectivity index (χ4v) is 1.82. The number of aldehydes is 1. The molecule has 0 aliphatic heterocycles. The summed E-state index contributed by atoms with van der Waals surface area (Å²) in [4.78, 5) is 12.9. The summed E-state index contributed by atoms with van der Waals surface area (Å²) in [5, 5.41) is 0. The van der Waals surface area contributed by atoms with Gasteiger partial charge in [0.05, 0.1) is 0 Å². The van der Waals surface area contributed by atoms with Crippen molar-refractivity contribution in [2.24, 2.45) is 0 Å². The lowest BCUT2D eigenvalue weighted by Crippen LogP contribution is -2.27. The topological polar surface area (TPSA) is 20.3 Å². The number of hydrogen-bond acceptors (Lipinski definition) is 2. The van der Waals surface area contributed by atoms with E-state index in [2.05, 4.69) is 41.7 Å². The third-order valence-electron chi connectivity index (χ3n) is 2.77. The molecular formula is C12H16BrNO. The average molecular weight is 270 g/mol. The van der Waals surface area contributed by atoms with Gasteiger partial charge in [0.2, 0.25) is 0 Å². The maximum Gasteiger partial charge on any atom is 0.151 e. The van der Waals surface area contributed by atoms with Crippen LogP contribution in [0.1, 0.15) is 30.6 Å². The minimum absolute atomic E-state index is 0.499. The van der Waals surface area contributed by atoms with Crippen molar-refractivity contribution < 1.29 is 4.79 Å². The molecule has 0 saturated heterocycles. The predicted octanol–water partition coefficient (Wildman–Crippen LogP) is 3.50. The number of hydrogen-bond donors (Lipinski definition) is 0. The van der Waals surface area contributed by atoms with Gasteiger partial charge >= 0.3 is 0 Å². The summed E-state index contributed by atoms with van der Waals surface area (Å²) in [5.41, 5.74) is 1.82. The molecule has 1 aromatic carbocycles. The fraction of sp³-hybridized carbons (Fsp3) is 0.417. The van der Waals surface area contributed by atoms with Gasteiger partial charge in [-0.25, -0.2) is 0 Å². The first-order valence-corrected chi connectivity index (χ1v) is 5.87. The van der Waals surface area contributed by atoms with Crippen LogP contribution in [-0.2, 0) is 0 Å². The summed E-state index contributed by atoms with van der Waals surface area (Å²) in [6, 6.07) is 6.29. The van der Waals surface area contributed by atoms with E-state index in [1.165, 1.54) is 0 Å². The SMILES string of the molecule is CCC(C)N(C)c1ccc(C=O)c(Br)c1. The van der Waals surface area contributed by atoms with E-state index in [0.717, 1.165) is 22.9 Å². The molecule has 0 aliphatic carbocycles. The molecule has 1 unspecified atom stereocenters. The Kier molecular flexibility index (Phi) is 4.33. The van der Waals surface area contributed by atoms with Gasteiger partial charge in [0.1, 0.15) is 0 Å². The summed E-state index contributed by atoms with van der Waals surface area (Å²) in [7, 11) is 2.07. The first-order chi connectivity index (χ1) is 7.10. The van der Waals surface area contributed by atoms with E-state index < -0.39 is 0 Å². The van der Waals surface area contributed by atoms with Crippen molar-refractivity contribution in [3.8, 4) is 0 Å². The Hall–Kier alpha value is -0.830. The standard InChI is InChI=1S/C12H16BrNO/c1-4-9(2)14(3)11-6-5-10(8-15)12(13)7-11/h5-9H,4H2,1-3H3. The van der Waals surface area contributed by atoms with Crippen LogP contribution in [0.5, 0.6) is 0 Å². The van der Waals surface area contributed by atoms with Crippen LogP contribution in [-0.4, -0.2) is 19.4 Å². The van der Waals surface area contributed by atoms with Crippen LogP contribution in [0.2, 0.25) is 0 Å². The molecular weight excluding hydrogens is 254 g/mol. The summed E-state index contributed by atoms with van der Waals surface area (Å²) in [6.07, 6.45) is 1.96. The summed E-state index contributed by atoms with van der Waals surface area (Å²) >= 11 is 3.39. The minimum Gasteiger partial charge on any atom is -0.372 e. The van der Waals surface area contributed by atoms with E-state index in [9.17, 15) is 4.79 Å². The number of benzene rings is 1. The Morgan fingerprint density at radius 2 is 2.20 bits per heavy atom. The smallest absolute Gasteiger partial charge is 0.151 e. The predicted molar refractivity (Wildman–Crippen MR) is 67.7 cm³/mol. The monoisotopic (exact) mass is 269 g/mol. The maximum absolute atomic E-state index is 10.7. The summed E-state index contributed by atoms with van der Waals surface area (Å²) in [5.74, 6) is 0. The van der Waals surface area contributed by atoms with Gasteiger partial charge in [0.25, 0.3) is 0 Å². The van der Waals surface area contributed by atoms with Crippen LogP contribution >= 0.6 is 15.9 Å².